The molecule has 0 atom stereocenters. The van der Waals surface area contributed by atoms with E-state index in [1.807, 2.05) is 25.2 Å². The Morgan fingerprint density at radius 3 is 2.61 bits per heavy atom. The maximum atomic E-state index is 9.39. The van der Waals surface area contributed by atoms with Gasteiger partial charge in [0.25, 0.3) is 0 Å². The topological polar surface area (TPSA) is 49.5 Å². The van der Waals surface area contributed by atoms with E-state index in [-0.39, 0.29) is 5.75 Å². The highest BCUT2D eigenvalue weighted by molar-refractivity contribution is 5.54. The van der Waals surface area contributed by atoms with Gasteiger partial charge in [-0.15, -0.1) is 0 Å². The van der Waals surface area contributed by atoms with Crippen molar-refractivity contribution in [2.45, 2.75) is 13.5 Å². The number of aryl methyl sites for hydroxylation is 1. The van der Waals surface area contributed by atoms with Crippen LogP contribution in [0, 0.1) is 6.92 Å². The van der Waals surface area contributed by atoms with Crippen LogP contribution in [0.25, 0.3) is 0 Å². The van der Waals surface area contributed by atoms with E-state index < -0.39 is 0 Å². The lowest BCUT2D eigenvalue weighted by atomic mass is 10.1. The van der Waals surface area contributed by atoms with Gasteiger partial charge in [0.2, 0.25) is 0 Å². The number of phenolic OH excluding ortho intramolecular Hbond substituents is 1. The highest BCUT2D eigenvalue weighted by Crippen LogP contribution is 2.23. The molecule has 0 fully saturated rings. The van der Waals surface area contributed by atoms with Crippen molar-refractivity contribution < 1.29 is 5.11 Å². The largest absolute Gasteiger partial charge is 0.506 e. The van der Waals surface area contributed by atoms with Gasteiger partial charge in [0.1, 0.15) is 5.75 Å². The smallest absolute Gasteiger partial charge is 0.138 e. The molecule has 2 aromatic carbocycles. The number of phenols is 1. The van der Waals surface area contributed by atoms with Crippen molar-refractivity contribution in [1.82, 2.24) is 0 Å². The number of benzene rings is 2. The van der Waals surface area contributed by atoms with Crippen molar-refractivity contribution in [3.8, 4) is 5.75 Å². The molecular weight excluding hydrogens is 224 g/mol. The van der Waals surface area contributed by atoms with E-state index in [0.717, 1.165) is 12.1 Å². The number of anilines is 2. The second-order valence-electron chi connectivity index (χ2n) is 4.59. The standard InChI is InChI=1S/C15H18N2O/c1-11-4-3-5-13(8-11)17(2)10-12-6-7-15(18)14(16)9-12/h3-9,18H,10,16H2,1-2H3. The molecule has 3 heteroatoms. The molecule has 0 aromatic heterocycles. The molecule has 0 aliphatic rings. The molecule has 0 aliphatic carbocycles. The van der Waals surface area contributed by atoms with Gasteiger partial charge >= 0.3 is 0 Å². The Balaban J connectivity index is 2.16. The molecule has 0 saturated carbocycles. The van der Waals surface area contributed by atoms with E-state index in [1.54, 1.807) is 6.07 Å². The van der Waals surface area contributed by atoms with Crippen molar-refractivity contribution in [2.75, 3.05) is 17.7 Å². The van der Waals surface area contributed by atoms with Crippen LogP contribution in [0.5, 0.6) is 5.75 Å². The Hall–Kier alpha value is -2.16. The fraction of sp³-hybridized carbons (Fsp3) is 0.200. The SMILES string of the molecule is Cc1cccc(N(C)Cc2ccc(O)c(N)c2)c1. The number of nitrogens with zero attached hydrogens (tertiary/aromatic N) is 1. The zero-order valence-corrected chi connectivity index (χ0v) is 10.7. The Kier molecular flexibility index (Phi) is 3.42. The van der Waals surface area contributed by atoms with Crippen molar-refractivity contribution in [3.05, 3.63) is 53.6 Å². The number of rotatable bonds is 3. The average molecular weight is 242 g/mol. The molecule has 0 radical (unpaired) electrons. The molecule has 18 heavy (non-hydrogen) atoms. The van der Waals surface area contributed by atoms with Crippen LogP contribution in [-0.2, 0) is 6.54 Å². The summed E-state index contributed by atoms with van der Waals surface area (Å²) in [4.78, 5) is 2.15. The third kappa shape index (κ3) is 2.74. The van der Waals surface area contributed by atoms with Gasteiger partial charge in [-0.1, -0.05) is 18.2 Å². The summed E-state index contributed by atoms with van der Waals surface area (Å²) in [6.45, 7) is 2.84. The number of aromatic hydroxyl groups is 1. The van der Waals surface area contributed by atoms with E-state index in [9.17, 15) is 5.11 Å². The predicted molar refractivity (Wildman–Crippen MR) is 75.8 cm³/mol. The summed E-state index contributed by atoms with van der Waals surface area (Å²) in [6.07, 6.45) is 0. The van der Waals surface area contributed by atoms with Crippen LogP contribution in [-0.4, -0.2) is 12.2 Å². The first-order chi connectivity index (χ1) is 8.56. The minimum absolute atomic E-state index is 0.136. The molecule has 0 amide bonds. The number of hydrogen-bond acceptors (Lipinski definition) is 3. The Bertz CT molecular complexity index is 552. The highest BCUT2D eigenvalue weighted by atomic mass is 16.3. The highest BCUT2D eigenvalue weighted by Gasteiger charge is 2.04. The Morgan fingerprint density at radius 1 is 1.17 bits per heavy atom. The summed E-state index contributed by atoms with van der Waals surface area (Å²) >= 11 is 0. The third-order valence-corrected chi connectivity index (χ3v) is 2.95. The van der Waals surface area contributed by atoms with Crippen molar-refractivity contribution >= 4 is 11.4 Å². The maximum absolute atomic E-state index is 9.39. The average Bonchev–Trinajstić information content (AvgIpc) is 2.34. The minimum Gasteiger partial charge on any atom is -0.506 e. The molecule has 94 valence electrons. The molecule has 0 unspecified atom stereocenters. The molecule has 0 spiro atoms. The summed E-state index contributed by atoms with van der Waals surface area (Å²) in [6, 6.07) is 13.7. The predicted octanol–water partition coefficient (Wildman–Crippen LogP) is 2.92. The molecule has 3 N–H and O–H groups in total. The van der Waals surface area contributed by atoms with Crippen LogP contribution in [0.2, 0.25) is 0 Å². The number of nitrogens with two attached hydrogens (primary N) is 1. The monoisotopic (exact) mass is 242 g/mol. The zero-order valence-electron chi connectivity index (χ0n) is 10.7. The van der Waals surface area contributed by atoms with Crippen LogP contribution in [0.4, 0.5) is 11.4 Å². The van der Waals surface area contributed by atoms with Gasteiger partial charge < -0.3 is 15.7 Å². The fourth-order valence-electron chi connectivity index (χ4n) is 1.93. The Labute approximate surface area is 107 Å². The third-order valence-electron chi connectivity index (χ3n) is 2.95. The van der Waals surface area contributed by atoms with Gasteiger partial charge in [-0.25, -0.2) is 0 Å². The van der Waals surface area contributed by atoms with Gasteiger partial charge in [0.05, 0.1) is 5.69 Å². The first-order valence-electron chi connectivity index (χ1n) is 5.91. The van der Waals surface area contributed by atoms with Crippen LogP contribution < -0.4 is 10.6 Å². The first-order valence-corrected chi connectivity index (χ1v) is 5.91. The summed E-state index contributed by atoms with van der Waals surface area (Å²) in [5.41, 5.74) is 9.60. The van der Waals surface area contributed by atoms with Crippen LogP contribution in [0.15, 0.2) is 42.5 Å². The van der Waals surface area contributed by atoms with E-state index in [1.165, 1.54) is 11.3 Å². The van der Waals surface area contributed by atoms with Gasteiger partial charge in [-0.05, 0) is 42.3 Å². The van der Waals surface area contributed by atoms with Crippen LogP contribution >= 0.6 is 0 Å². The second-order valence-corrected chi connectivity index (χ2v) is 4.59. The zero-order chi connectivity index (χ0) is 13.1. The van der Waals surface area contributed by atoms with Gasteiger partial charge in [-0.3, -0.25) is 0 Å². The van der Waals surface area contributed by atoms with Crippen molar-refractivity contribution in [2.24, 2.45) is 0 Å². The molecule has 0 bridgehead atoms. The minimum atomic E-state index is 0.136. The number of hydrogen-bond donors (Lipinski definition) is 2. The molecule has 3 nitrogen and oxygen atoms in total. The molecule has 2 rings (SSSR count). The quantitative estimate of drug-likeness (QED) is 0.642. The van der Waals surface area contributed by atoms with Crippen molar-refractivity contribution in [1.29, 1.82) is 0 Å². The summed E-state index contributed by atoms with van der Waals surface area (Å²) in [7, 11) is 2.04. The van der Waals surface area contributed by atoms with Crippen molar-refractivity contribution in [3.63, 3.8) is 0 Å². The summed E-state index contributed by atoms with van der Waals surface area (Å²) < 4.78 is 0. The lowest BCUT2D eigenvalue weighted by Crippen LogP contribution is -2.16. The van der Waals surface area contributed by atoms with E-state index >= 15 is 0 Å². The Morgan fingerprint density at radius 2 is 1.94 bits per heavy atom. The van der Waals surface area contributed by atoms with Gasteiger partial charge in [0, 0.05) is 19.3 Å². The summed E-state index contributed by atoms with van der Waals surface area (Å²) in [5.74, 6) is 0.136. The van der Waals surface area contributed by atoms with Gasteiger partial charge in [0.15, 0.2) is 0 Å². The van der Waals surface area contributed by atoms with Gasteiger partial charge in [-0.2, -0.15) is 0 Å². The number of nitrogen functional groups attached to an aromatic ring is 1. The fourth-order valence-corrected chi connectivity index (χ4v) is 1.93. The summed E-state index contributed by atoms with van der Waals surface area (Å²) in [5, 5.41) is 9.39. The first kappa shape index (κ1) is 12.3. The van der Waals surface area contributed by atoms with E-state index in [0.29, 0.717) is 5.69 Å². The molecule has 2 aromatic rings. The molecule has 0 aliphatic heterocycles. The lowest BCUT2D eigenvalue weighted by molar-refractivity contribution is 0.478. The maximum Gasteiger partial charge on any atom is 0.138 e. The van der Waals surface area contributed by atoms with Crippen LogP contribution in [0.1, 0.15) is 11.1 Å². The van der Waals surface area contributed by atoms with E-state index in [4.69, 9.17) is 5.73 Å². The second kappa shape index (κ2) is 5.00. The van der Waals surface area contributed by atoms with Crippen LogP contribution in [0.3, 0.4) is 0 Å². The molecule has 0 saturated heterocycles. The molecule has 0 heterocycles. The molecular formula is C15H18N2O. The lowest BCUT2D eigenvalue weighted by Gasteiger charge is -2.20. The normalized spacial score (nSPS) is 10.3. The van der Waals surface area contributed by atoms with E-state index in [2.05, 4.69) is 30.0 Å².